The summed E-state index contributed by atoms with van der Waals surface area (Å²) in [5.41, 5.74) is 7.04. The predicted molar refractivity (Wildman–Crippen MR) is 106 cm³/mol. The summed E-state index contributed by atoms with van der Waals surface area (Å²) >= 11 is 0. The van der Waals surface area contributed by atoms with Gasteiger partial charge in [-0.3, -0.25) is 4.79 Å². The second-order valence-corrected chi connectivity index (χ2v) is 7.21. The fraction of sp³-hybridized carbons (Fsp3) is 0.650. The Bertz CT molecular complexity index is 597. The smallest absolute Gasteiger partial charge is 0.227 e. The van der Waals surface area contributed by atoms with Crippen molar-refractivity contribution in [1.29, 1.82) is 0 Å². The van der Waals surface area contributed by atoms with Crippen LogP contribution in [0.5, 0.6) is 11.5 Å². The van der Waals surface area contributed by atoms with E-state index in [0.717, 1.165) is 31.4 Å². The molecule has 2 fully saturated rings. The summed E-state index contributed by atoms with van der Waals surface area (Å²) in [4.78, 5) is 12.9. The van der Waals surface area contributed by atoms with E-state index in [1.165, 1.54) is 6.42 Å². The third kappa shape index (κ3) is 4.63. The Labute approximate surface area is 162 Å². The van der Waals surface area contributed by atoms with Crippen LogP contribution in [0, 0.1) is 17.8 Å². The van der Waals surface area contributed by atoms with Crippen LogP contribution in [0.4, 0.5) is 5.69 Å². The first-order valence-corrected chi connectivity index (χ1v) is 9.58. The summed E-state index contributed by atoms with van der Waals surface area (Å²) < 4.78 is 11.2. The van der Waals surface area contributed by atoms with Crippen molar-refractivity contribution in [3.8, 4) is 11.5 Å². The molecule has 0 heterocycles. The Balaban J connectivity index is 0.00000243. The van der Waals surface area contributed by atoms with E-state index >= 15 is 0 Å². The number of hydrogen-bond acceptors (Lipinski definition) is 4. The molecule has 2 aliphatic rings. The molecule has 5 nitrogen and oxygen atoms in total. The van der Waals surface area contributed by atoms with E-state index in [-0.39, 0.29) is 30.3 Å². The summed E-state index contributed by atoms with van der Waals surface area (Å²) in [5, 5.41) is 3.08. The van der Waals surface area contributed by atoms with Gasteiger partial charge in [0.05, 0.1) is 18.9 Å². The average Bonchev–Trinajstić information content (AvgIpc) is 2.57. The van der Waals surface area contributed by atoms with Gasteiger partial charge in [-0.25, -0.2) is 0 Å². The molecule has 6 heteroatoms. The van der Waals surface area contributed by atoms with E-state index in [9.17, 15) is 4.79 Å². The van der Waals surface area contributed by atoms with E-state index in [0.29, 0.717) is 36.5 Å². The van der Waals surface area contributed by atoms with Gasteiger partial charge in [0.2, 0.25) is 5.91 Å². The number of benzene rings is 1. The van der Waals surface area contributed by atoms with Crippen LogP contribution in [0.25, 0.3) is 0 Å². The maximum atomic E-state index is 12.9. The molecular weight excluding hydrogens is 352 g/mol. The maximum absolute atomic E-state index is 12.9. The summed E-state index contributed by atoms with van der Waals surface area (Å²) in [6.07, 6.45) is 5.37. The standard InChI is InChI=1S/C20H30N2O3.ClH/c1-3-24-16-8-9-18(25-4-2)17(12-16)22-20(23)15-10-13-6-5-7-14(11-15)19(13)21;/h8-9,12-15,19H,3-7,10-11,21H2,1-2H3,(H,22,23);1H. The normalized spacial score (nSPS) is 27.2. The van der Waals surface area contributed by atoms with Crippen LogP contribution in [0.2, 0.25) is 0 Å². The first kappa shape index (κ1) is 20.8. The van der Waals surface area contributed by atoms with Crippen LogP contribution in [-0.2, 0) is 4.79 Å². The Hall–Kier alpha value is -1.46. The molecule has 3 rings (SSSR count). The zero-order valence-corrected chi connectivity index (χ0v) is 16.5. The third-order valence-corrected chi connectivity index (χ3v) is 5.60. The molecule has 2 atom stereocenters. The number of ether oxygens (including phenoxy) is 2. The van der Waals surface area contributed by atoms with Gasteiger partial charge in [0.25, 0.3) is 0 Å². The zero-order valence-electron chi connectivity index (χ0n) is 15.7. The molecule has 1 aromatic rings. The lowest BCUT2D eigenvalue weighted by Gasteiger charge is -2.43. The molecule has 2 bridgehead atoms. The molecule has 2 unspecified atom stereocenters. The lowest BCUT2D eigenvalue weighted by molar-refractivity contribution is -0.122. The van der Waals surface area contributed by atoms with Crippen molar-refractivity contribution in [2.45, 2.75) is 52.0 Å². The van der Waals surface area contributed by atoms with Gasteiger partial charge in [0, 0.05) is 18.0 Å². The number of nitrogens with two attached hydrogens (primary N) is 1. The number of hydrogen-bond donors (Lipinski definition) is 2. The van der Waals surface area contributed by atoms with Crippen LogP contribution in [0.1, 0.15) is 46.0 Å². The van der Waals surface area contributed by atoms with E-state index < -0.39 is 0 Å². The van der Waals surface area contributed by atoms with Crippen LogP contribution in [-0.4, -0.2) is 25.2 Å². The van der Waals surface area contributed by atoms with E-state index in [1.807, 2.05) is 32.0 Å². The number of anilines is 1. The van der Waals surface area contributed by atoms with Crippen molar-refractivity contribution in [1.82, 2.24) is 0 Å². The Morgan fingerprint density at radius 2 is 1.81 bits per heavy atom. The third-order valence-electron chi connectivity index (χ3n) is 5.60. The first-order valence-electron chi connectivity index (χ1n) is 9.58. The highest BCUT2D eigenvalue weighted by molar-refractivity contribution is 5.94. The summed E-state index contributed by atoms with van der Waals surface area (Å²) in [6, 6.07) is 5.85. The fourth-order valence-electron chi connectivity index (χ4n) is 4.38. The van der Waals surface area contributed by atoms with Gasteiger partial charge in [0.15, 0.2) is 0 Å². The number of fused-ring (bicyclic) bond motifs is 2. The first-order chi connectivity index (χ1) is 12.1. The second-order valence-electron chi connectivity index (χ2n) is 7.21. The molecule has 2 aliphatic carbocycles. The highest BCUT2D eigenvalue weighted by Gasteiger charge is 2.40. The average molecular weight is 383 g/mol. The van der Waals surface area contributed by atoms with Crippen molar-refractivity contribution in [2.75, 3.05) is 18.5 Å². The number of carbonyl (C=O) groups excluding carboxylic acids is 1. The molecule has 0 radical (unpaired) electrons. The molecule has 2 saturated carbocycles. The Morgan fingerprint density at radius 3 is 2.42 bits per heavy atom. The summed E-state index contributed by atoms with van der Waals surface area (Å²) in [7, 11) is 0. The quantitative estimate of drug-likeness (QED) is 0.779. The van der Waals surface area contributed by atoms with E-state index in [1.54, 1.807) is 0 Å². The minimum Gasteiger partial charge on any atom is -0.494 e. The van der Waals surface area contributed by atoms with Gasteiger partial charge in [-0.05, 0) is 63.5 Å². The number of carbonyl (C=O) groups is 1. The van der Waals surface area contributed by atoms with Crippen LogP contribution < -0.4 is 20.5 Å². The van der Waals surface area contributed by atoms with Gasteiger partial charge >= 0.3 is 0 Å². The molecule has 3 N–H and O–H groups in total. The van der Waals surface area contributed by atoms with Gasteiger partial charge in [-0.15, -0.1) is 12.4 Å². The molecule has 0 saturated heterocycles. The van der Waals surface area contributed by atoms with Crippen LogP contribution in [0.3, 0.4) is 0 Å². The predicted octanol–water partition coefficient (Wildman–Crippen LogP) is 4.00. The summed E-state index contributed by atoms with van der Waals surface area (Å²) in [6.45, 7) is 5.02. The molecule has 0 aromatic heterocycles. The Morgan fingerprint density at radius 1 is 1.15 bits per heavy atom. The number of amides is 1. The lowest BCUT2D eigenvalue weighted by atomic mass is 9.65. The highest BCUT2D eigenvalue weighted by atomic mass is 35.5. The Kier molecular flexibility index (Phi) is 7.59. The topological polar surface area (TPSA) is 73.6 Å². The van der Waals surface area contributed by atoms with Crippen molar-refractivity contribution in [2.24, 2.45) is 23.5 Å². The zero-order chi connectivity index (χ0) is 17.8. The number of nitrogens with one attached hydrogen (secondary N) is 1. The van der Waals surface area contributed by atoms with Gasteiger partial charge in [0.1, 0.15) is 11.5 Å². The molecule has 0 aliphatic heterocycles. The van der Waals surface area contributed by atoms with Crippen LogP contribution >= 0.6 is 12.4 Å². The minimum absolute atomic E-state index is 0. The number of rotatable bonds is 6. The number of halogens is 1. The molecule has 146 valence electrons. The minimum atomic E-state index is 0. The summed E-state index contributed by atoms with van der Waals surface area (Å²) in [5.74, 6) is 2.53. The van der Waals surface area contributed by atoms with Crippen molar-refractivity contribution < 1.29 is 14.3 Å². The van der Waals surface area contributed by atoms with Crippen molar-refractivity contribution in [3.63, 3.8) is 0 Å². The largest absolute Gasteiger partial charge is 0.494 e. The highest BCUT2D eigenvalue weighted by Crippen LogP contribution is 2.42. The van der Waals surface area contributed by atoms with E-state index in [2.05, 4.69) is 5.32 Å². The fourth-order valence-corrected chi connectivity index (χ4v) is 4.38. The second kappa shape index (κ2) is 9.47. The van der Waals surface area contributed by atoms with Crippen molar-refractivity contribution >= 4 is 24.0 Å². The molecule has 0 spiro atoms. The van der Waals surface area contributed by atoms with Crippen molar-refractivity contribution in [3.05, 3.63) is 18.2 Å². The molecular formula is C20H31ClN2O3. The molecule has 1 amide bonds. The molecule has 1 aromatic carbocycles. The van der Waals surface area contributed by atoms with Crippen LogP contribution in [0.15, 0.2) is 18.2 Å². The van der Waals surface area contributed by atoms with Gasteiger partial charge < -0.3 is 20.5 Å². The SMILES string of the molecule is CCOc1ccc(OCC)c(NC(=O)C2CC3CCCC(C2)C3N)c1.Cl. The maximum Gasteiger partial charge on any atom is 0.227 e. The van der Waals surface area contributed by atoms with E-state index in [4.69, 9.17) is 15.2 Å². The van der Waals surface area contributed by atoms with Gasteiger partial charge in [-0.1, -0.05) is 6.42 Å². The molecule has 26 heavy (non-hydrogen) atoms. The van der Waals surface area contributed by atoms with Gasteiger partial charge in [-0.2, -0.15) is 0 Å². The monoisotopic (exact) mass is 382 g/mol. The lowest BCUT2D eigenvalue weighted by Crippen LogP contribution is -2.48.